The molecule has 1 spiro atoms. The van der Waals surface area contributed by atoms with Crippen molar-refractivity contribution < 1.29 is 34.0 Å². The van der Waals surface area contributed by atoms with Gasteiger partial charge in [-0.15, -0.1) is 0 Å². The van der Waals surface area contributed by atoms with Gasteiger partial charge < -0.3 is 35.1 Å². The number of ether oxygens (including phenoxy) is 3. The molecule has 0 aromatic heterocycles. The Labute approximate surface area is 241 Å². The lowest BCUT2D eigenvalue weighted by Crippen LogP contribution is -2.50. The number of hydrogen-bond donors (Lipinski definition) is 4. The van der Waals surface area contributed by atoms with Crippen molar-refractivity contribution in [3.63, 3.8) is 0 Å². The van der Waals surface area contributed by atoms with E-state index in [1.807, 2.05) is 6.92 Å². The predicted octanol–water partition coefficient (Wildman–Crippen LogP) is 3.86. The lowest BCUT2D eigenvalue weighted by molar-refractivity contribution is -0.324. The third-order valence-electron chi connectivity index (χ3n) is 8.59. The summed E-state index contributed by atoms with van der Waals surface area (Å²) in [7, 11) is 1.53. The molecule has 2 aliphatic rings. The first kappa shape index (κ1) is 34.7. The second-order valence-corrected chi connectivity index (χ2v) is 12.2. The standard InChI is InChI=1S/C31H56N2O7/c1-21(19-23(3)25(5)34)11-12-26-9-7-15-31(39-26)16-13-22(2)28(40-31)10-8-17-32-30(37)24(4)27(35)20-33-29(36)14-18-38-6/h19,21-22,24-28,34-35H,7-18,20H2,1-6H3,(H,32,37)(H,33,36)/t21-,22?,24-,25-,26-,27-,28+,31-/m0/s1. The Morgan fingerprint density at radius 1 is 1.10 bits per heavy atom. The highest BCUT2D eigenvalue weighted by Gasteiger charge is 2.44. The Balaban J connectivity index is 1.75. The van der Waals surface area contributed by atoms with Crippen LogP contribution in [-0.2, 0) is 23.8 Å². The first-order chi connectivity index (χ1) is 19.0. The van der Waals surface area contributed by atoms with Crippen molar-refractivity contribution in [1.29, 1.82) is 0 Å². The Hall–Kier alpha value is -1.52. The fourth-order valence-electron chi connectivity index (χ4n) is 5.57. The first-order valence-corrected chi connectivity index (χ1v) is 15.4. The lowest BCUT2D eigenvalue weighted by atomic mass is 9.85. The molecule has 1 unspecified atom stereocenters. The summed E-state index contributed by atoms with van der Waals surface area (Å²) >= 11 is 0. The molecule has 2 fully saturated rings. The molecule has 0 aromatic carbocycles. The molecule has 2 amide bonds. The minimum atomic E-state index is -0.953. The maximum absolute atomic E-state index is 12.5. The average Bonchev–Trinajstić information content (AvgIpc) is 2.93. The van der Waals surface area contributed by atoms with Gasteiger partial charge in [0.1, 0.15) is 0 Å². The first-order valence-electron chi connectivity index (χ1n) is 15.4. The summed E-state index contributed by atoms with van der Waals surface area (Å²) in [6.07, 6.45) is 10.0. The molecular weight excluding hydrogens is 512 g/mol. The normalized spacial score (nSPS) is 28.5. The van der Waals surface area contributed by atoms with Gasteiger partial charge in [0, 0.05) is 39.5 Å². The van der Waals surface area contributed by atoms with Gasteiger partial charge in [0.2, 0.25) is 11.8 Å². The van der Waals surface area contributed by atoms with E-state index in [4.69, 9.17) is 14.2 Å². The zero-order valence-electron chi connectivity index (χ0n) is 25.7. The van der Waals surface area contributed by atoms with Gasteiger partial charge in [-0.3, -0.25) is 9.59 Å². The van der Waals surface area contributed by atoms with Crippen LogP contribution in [0.1, 0.15) is 98.8 Å². The minimum absolute atomic E-state index is 0.0325. The summed E-state index contributed by atoms with van der Waals surface area (Å²) in [6.45, 7) is 10.7. The molecule has 2 rings (SSSR count). The van der Waals surface area contributed by atoms with Gasteiger partial charge in [0.25, 0.3) is 0 Å². The van der Waals surface area contributed by atoms with Crippen LogP contribution in [0.3, 0.4) is 0 Å². The molecule has 9 heteroatoms. The van der Waals surface area contributed by atoms with Crippen molar-refractivity contribution in [1.82, 2.24) is 10.6 Å². The van der Waals surface area contributed by atoms with E-state index in [9.17, 15) is 19.8 Å². The zero-order valence-corrected chi connectivity index (χ0v) is 25.7. The fraction of sp³-hybridized carbons (Fsp3) is 0.871. The quantitative estimate of drug-likeness (QED) is 0.165. The van der Waals surface area contributed by atoms with Crippen LogP contribution in [0.4, 0.5) is 0 Å². The smallest absolute Gasteiger partial charge is 0.225 e. The number of allylic oxidation sites excluding steroid dienone is 1. The number of carbonyl (C=O) groups excluding carboxylic acids is 2. The summed E-state index contributed by atoms with van der Waals surface area (Å²) in [5, 5.41) is 25.6. The van der Waals surface area contributed by atoms with Crippen LogP contribution in [-0.4, -0.2) is 79.0 Å². The molecule has 232 valence electrons. The van der Waals surface area contributed by atoms with E-state index in [1.165, 1.54) is 7.11 Å². The SMILES string of the molecule is COCCC(=O)NC[C@H](O)[C@H](C)C(=O)NCCC[C@H]1O[C@@]2(CCC[C@@H](CC[C@H](C)C=C(C)[C@H](C)O)O2)CCC1C. The molecule has 9 nitrogen and oxygen atoms in total. The van der Waals surface area contributed by atoms with Gasteiger partial charge >= 0.3 is 0 Å². The molecule has 0 saturated carbocycles. The van der Waals surface area contributed by atoms with Crippen LogP contribution >= 0.6 is 0 Å². The Morgan fingerprint density at radius 3 is 2.55 bits per heavy atom. The molecule has 2 aliphatic heterocycles. The average molecular weight is 569 g/mol. The van der Waals surface area contributed by atoms with Gasteiger partial charge in [-0.25, -0.2) is 0 Å². The molecule has 40 heavy (non-hydrogen) atoms. The second kappa shape index (κ2) is 17.4. The van der Waals surface area contributed by atoms with Gasteiger partial charge in [-0.05, 0) is 76.2 Å². The highest BCUT2D eigenvalue weighted by Crippen LogP contribution is 2.43. The molecule has 2 saturated heterocycles. The summed E-state index contributed by atoms with van der Waals surface area (Å²) < 4.78 is 18.2. The van der Waals surface area contributed by atoms with Crippen LogP contribution in [0.15, 0.2) is 11.6 Å². The number of amides is 2. The number of nitrogens with one attached hydrogen (secondary N) is 2. The van der Waals surface area contributed by atoms with E-state index in [1.54, 1.807) is 13.8 Å². The van der Waals surface area contributed by atoms with Gasteiger partial charge in [0.15, 0.2) is 5.79 Å². The molecular formula is C31H56N2O7. The Morgan fingerprint density at radius 2 is 1.85 bits per heavy atom. The van der Waals surface area contributed by atoms with Crippen molar-refractivity contribution in [3.8, 4) is 0 Å². The maximum Gasteiger partial charge on any atom is 0.225 e. The lowest BCUT2D eigenvalue weighted by Gasteiger charge is -2.48. The van der Waals surface area contributed by atoms with Crippen LogP contribution in [0.5, 0.6) is 0 Å². The van der Waals surface area contributed by atoms with Crippen molar-refractivity contribution in [2.75, 3.05) is 26.8 Å². The maximum atomic E-state index is 12.5. The molecule has 2 heterocycles. The van der Waals surface area contributed by atoms with E-state index in [0.717, 1.165) is 63.4 Å². The monoisotopic (exact) mass is 568 g/mol. The highest BCUT2D eigenvalue weighted by molar-refractivity contribution is 5.79. The van der Waals surface area contributed by atoms with Crippen molar-refractivity contribution in [2.24, 2.45) is 17.8 Å². The van der Waals surface area contributed by atoms with Gasteiger partial charge in [0.05, 0.1) is 36.9 Å². The molecule has 0 aliphatic carbocycles. The Bertz CT molecular complexity index is 805. The second-order valence-electron chi connectivity index (χ2n) is 12.2. The number of methoxy groups -OCH3 is 1. The van der Waals surface area contributed by atoms with Crippen LogP contribution < -0.4 is 10.6 Å². The van der Waals surface area contributed by atoms with E-state index >= 15 is 0 Å². The number of carbonyl (C=O) groups is 2. The van der Waals surface area contributed by atoms with E-state index in [-0.39, 0.29) is 37.0 Å². The molecule has 8 atom stereocenters. The van der Waals surface area contributed by atoms with Crippen LogP contribution in [0.2, 0.25) is 0 Å². The number of aliphatic hydroxyl groups excluding tert-OH is 2. The van der Waals surface area contributed by atoms with Crippen LogP contribution in [0.25, 0.3) is 0 Å². The summed E-state index contributed by atoms with van der Waals surface area (Å²) in [4.78, 5) is 24.2. The van der Waals surface area contributed by atoms with Gasteiger partial charge in [-0.2, -0.15) is 0 Å². The van der Waals surface area contributed by atoms with E-state index in [2.05, 4.69) is 30.6 Å². The van der Waals surface area contributed by atoms with E-state index in [0.29, 0.717) is 25.0 Å². The van der Waals surface area contributed by atoms with E-state index < -0.39 is 23.9 Å². The number of rotatable bonds is 16. The third kappa shape index (κ3) is 11.8. The van der Waals surface area contributed by atoms with Gasteiger partial charge in [-0.1, -0.05) is 26.8 Å². The zero-order chi connectivity index (χ0) is 29.7. The molecule has 0 aromatic rings. The van der Waals surface area contributed by atoms with Crippen molar-refractivity contribution in [3.05, 3.63) is 11.6 Å². The molecule has 0 radical (unpaired) electrons. The fourth-order valence-corrected chi connectivity index (χ4v) is 5.57. The summed E-state index contributed by atoms with van der Waals surface area (Å²) in [5.41, 5.74) is 1.02. The number of hydrogen-bond acceptors (Lipinski definition) is 7. The largest absolute Gasteiger partial charge is 0.390 e. The van der Waals surface area contributed by atoms with Crippen LogP contribution in [0, 0.1) is 17.8 Å². The Kier molecular flexibility index (Phi) is 15.1. The molecule has 4 N–H and O–H groups in total. The molecule has 0 bridgehead atoms. The summed E-state index contributed by atoms with van der Waals surface area (Å²) in [6, 6.07) is 0. The third-order valence-corrected chi connectivity index (χ3v) is 8.59. The number of aliphatic hydroxyl groups is 2. The predicted molar refractivity (Wildman–Crippen MR) is 155 cm³/mol. The van der Waals surface area contributed by atoms with Crippen molar-refractivity contribution in [2.45, 2.75) is 129 Å². The minimum Gasteiger partial charge on any atom is -0.390 e. The topological polar surface area (TPSA) is 126 Å². The highest BCUT2D eigenvalue weighted by atomic mass is 16.7. The van der Waals surface area contributed by atoms with Crippen molar-refractivity contribution >= 4 is 11.8 Å². The summed E-state index contributed by atoms with van der Waals surface area (Å²) in [5.74, 6) is -0.729.